The highest BCUT2D eigenvalue weighted by molar-refractivity contribution is 6.06. The minimum absolute atomic E-state index is 0.875. The average molecular weight is 936 g/mol. The van der Waals surface area contributed by atoms with Gasteiger partial charge < -0.3 is 14.9 Å². The summed E-state index contributed by atoms with van der Waals surface area (Å²) in [6, 6.07) is 49.1. The van der Waals surface area contributed by atoms with Gasteiger partial charge in [-0.15, -0.1) is 0 Å². The van der Waals surface area contributed by atoms with Crippen LogP contribution in [0.3, 0.4) is 0 Å². The molecule has 0 unspecified atom stereocenters. The Labute approximate surface area is 424 Å². The van der Waals surface area contributed by atoms with Gasteiger partial charge in [-0.05, 0) is 195 Å². The molecular weight excluding hydrogens is 875 g/mol. The molecule has 2 aliphatic rings. The van der Waals surface area contributed by atoms with Gasteiger partial charge in [0.05, 0.1) is 22.8 Å². The van der Waals surface area contributed by atoms with E-state index in [-0.39, 0.29) is 0 Å². The number of hydrogen-bond donors (Lipinski definition) is 2. The van der Waals surface area contributed by atoms with Crippen molar-refractivity contribution in [1.82, 2.24) is 19.9 Å². The van der Waals surface area contributed by atoms with Crippen molar-refractivity contribution in [2.75, 3.05) is 19.0 Å². The average Bonchev–Trinajstić information content (AvgIpc) is 4.20. The van der Waals surface area contributed by atoms with Gasteiger partial charge in [0.1, 0.15) is 0 Å². The van der Waals surface area contributed by atoms with Gasteiger partial charge in [-0.3, -0.25) is 0 Å². The Morgan fingerprint density at radius 2 is 0.597 bits per heavy atom. The number of anilines is 1. The molecule has 0 saturated carbocycles. The lowest BCUT2D eigenvalue weighted by atomic mass is 9.86. The maximum Gasteiger partial charge on any atom is 0.0737 e. The van der Waals surface area contributed by atoms with E-state index in [9.17, 15) is 0 Å². The Balaban J connectivity index is 1.39. The number of aromatic amines is 2. The molecule has 2 N–H and O–H groups in total. The summed E-state index contributed by atoms with van der Waals surface area (Å²) in [6.07, 6.45) is 8.90. The highest BCUT2D eigenvalue weighted by Gasteiger charge is 2.26. The summed E-state index contributed by atoms with van der Waals surface area (Å²) in [7, 11) is 4.25. The number of fused-ring (bicyclic) bond motifs is 8. The van der Waals surface area contributed by atoms with Gasteiger partial charge >= 0.3 is 0 Å². The van der Waals surface area contributed by atoms with Crippen molar-refractivity contribution in [2.45, 2.75) is 62.3 Å². The van der Waals surface area contributed by atoms with Gasteiger partial charge in [-0.25, -0.2) is 9.97 Å². The summed E-state index contributed by atoms with van der Waals surface area (Å²) < 4.78 is 0. The van der Waals surface area contributed by atoms with E-state index in [0.29, 0.717) is 0 Å². The van der Waals surface area contributed by atoms with Crippen LogP contribution in [0.25, 0.3) is 113 Å². The van der Waals surface area contributed by atoms with Gasteiger partial charge in [-0.2, -0.15) is 0 Å². The summed E-state index contributed by atoms with van der Waals surface area (Å²) >= 11 is 0. The SMILES string of the molecule is Cc1cc(C)c(-c2c3nc(c(-c4c(C)cc(C)cc4C)c4ccc([nH]4)c(-c4c(-c5ccccc5)cc(N(C)C)cc4-c4ccccc4)c4nc(c(-c5c(C)cc(C)cc5C)c5ccc2[nH]5)C=C4)C=C3)c(C)c1. The predicted molar refractivity (Wildman–Crippen MR) is 308 cm³/mol. The zero-order valence-electron chi connectivity index (χ0n) is 43.4. The molecule has 8 bridgehead atoms. The number of aryl methyl sites for hydroxylation is 9. The van der Waals surface area contributed by atoms with Crippen molar-refractivity contribution < 1.29 is 0 Å². The fraction of sp³-hybridized carbons (Fsp3) is 0.164. The third kappa shape index (κ3) is 8.09. The molecule has 354 valence electrons. The molecule has 0 saturated heterocycles. The predicted octanol–water partition coefficient (Wildman–Crippen LogP) is 17.5. The van der Waals surface area contributed by atoms with Crippen molar-refractivity contribution in [3.63, 3.8) is 0 Å². The number of aromatic nitrogens is 4. The molecule has 6 aromatic carbocycles. The molecule has 0 amide bonds. The zero-order chi connectivity index (χ0) is 50.1. The van der Waals surface area contributed by atoms with Crippen LogP contribution in [0.1, 0.15) is 72.8 Å². The maximum atomic E-state index is 5.85. The highest BCUT2D eigenvalue weighted by atomic mass is 15.1. The number of hydrogen-bond acceptors (Lipinski definition) is 3. The smallest absolute Gasteiger partial charge is 0.0737 e. The first-order valence-corrected chi connectivity index (χ1v) is 25.1. The number of benzene rings is 6. The molecule has 72 heavy (non-hydrogen) atoms. The lowest BCUT2D eigenvalue weighted by Gasteiger charge is -2.22. The van der Waals surface area contributed by atoms with E-state index >= 15 is 0 Å². The molecule has 2 aliphatic heterocycles. The number of nitrogens with zero attached hydrogens (tertiary/aromatic N) is 3. The summed E-state index contributed by atoms with van der Waals surface area (Å²) in [4.78, 5) is 21.9. The van der Waals surface area contributed by atoms with Crippen LogP contribution in [0.2, 0.25) is 0 Å². The Morgan fingerprint density at radius 1 is 0.319 bits per heavy atom. The number of nitrogens with one attached hydrogen (secondary N) is 2. The Kier molecular flexibility index (Phi) is 11.6. The number of H-pyrrole nitrogens is 2. The second kappa shape index (κ2) is 18.2. The molecule has 5 heteroatoms. The molecule has 5 heterocycles. The van der Waals surface area contributed by atoms with Crippen LogP contribution >= 0.6 is 0 Å². The summed E-state index contributed by atoms with van der Waals surface area (Å²) in [6.45, 7) is 19.9. The van der Waals surface area contributed by atoms with Crippen LogP contribution in [-0.2, 0) is 0 Å². The van der Waals surface area contributed by atoms with Crippen LogP contribution < -0.4 is 4.90 Å². The second-order valence-electron chi connectivity index (χ2n) is 20.4. The molecule has 9 aromatic rings. The molecule has 0 fully saturated rings. The Morgan fingerprint density at radius 3 is 0.875 bits per heavy atom. The van der Waals surface area contributed by atoms with E-state index in [1.807, 2.05) is 0 Å². The van der Waals surface area contributed by atoms with Gasteiger partial charge in [0.25, 0.3) is 0 Å². The largest absolute Gasteiger partial charge is 0.378 e. The van der Waals surface area contributed by atoms with Gasteiger partial charge in [0.2, 0.25) is 0 Å². The Bertz CT molecular complexity index is 3730. The van der Waals surface area contributed by atoms with Crippen LogP contribution in [0.15, 0.2) is 133 Å². The van der Waals surface area contributed by atoms with Gasteiger partial charge in [-0.1, -0.05) is 114 Å². The fourth-order valence-electron chi connectivity index (χ4n) is 11.8. The minimum Gasteiger partial charge on any atom is -0.378 e. The first kappa shape index (κ1) is 46.1. The number of rotatable bonds is 7. The van der Waals surface area contributed by atoms with Crippen LogP contribution in [0, 0.1) is 62.3 Å². The standard InChI is InChI=1S/C67H61N5/c1-38-30-41(4)60(42(5)31-38)64-52-22-24-54(68-52)65(61-43(6)32-39(2)33-44(61)7)56-26-28-58(70-56)67(59-29-27-57(71-59)66(55-25-23-53(64)69-55)62-45(8)34-40(3)35-46(62)9)63-50(47-18-14-12-15-19-47)36-49(72(10)11)37-51(63)48-20-16-13-17-21-48/h12-37,68,71H,1-11H3. The molecular formula is C67H61N5. The van der Waals surface area contributed by atoms with Crippen LogP contribution in [-0.4, -0.2) is 34.0 Å². The fourth-order valence-corrected chi connectivity index (χ4v) is 11.8. The monoisotopic (exact) mass is 935 g/mol. The Hall–Kier alpha value is -8.28. The lowest BCUT2D eigenvalue weighted by molar-refractivity contribution is 1.13. The molecule has 3 aromatic heterocycles. The normalized spacial score (nSPS) is 12.0. The van der Waals surface area contributed by atoms with Gasteiger partial charge in [0.15, 0.2) is 0 Å². The summed E-state index contributed by atoms with van der Waals surface area (Å²) in [5.41, 5.74) is 32.9. The second-order valence-corrected chi connectivity index (χ2v) is 20.4. The van der Waals surface area contributed by atoms with Crippen molar-refractivity contribution in [1.29, 1.82) is 0 Å². The first-order valence-electron chi connectivity index (χ1n) is 25.1. The lowest BCUT2D eigenvalue weighted by Crippen LogP contribution is -2.09. The maximum absolute atomic E-state index is 5.85. The topological polar surface area (TPSA) is 60.6 Å². The first-order chi connectivity index (χ1) is 34.7. The van der Waals surface area contributed by atoms with E-state index in [0.717, 1.165) is 101 Å². The third-order valence-electron chi connectivity index (χ3n) is 14.6. The molecule has 0 radical (unpaired) electrons. The van der Waals surface area contributed by atoms with E-state index < -0.39 is 0 Å². The van der Waals surface area contributed by atoms with Crippen molar-refractivity contribution >= 4 is 52.1 Å². The van der Waals surface area contributed by atoms with Crippen molar-refractivity contribution in [3.8, 4) is 66.8 Å². The molecule has 11 rings (SSSR count). The molecule has 0 atom stereocenters. The van der Waals surface area contributed by atoms with E-state index in [1.54, 1.807) is 0 Å². The van der Waals surface area contributed by atoms with Crippen molar-refractivity contribution in [3.05, 3.63) is 206 Å². The van der Waals surface area contributed by atoms with Crippen LogP contribution in [0.4, 0.5) is 5.69 Å². The summed E-state index contributed by atoms with van der Waals surface area (Å²) in [5.74, 6) is 0. The van der Waals surface area contributed by atoms with Crippen molar-refractivity contribution in [2.24, 2.45) is 0 Å². The van der Waals surface area contributed by atoms with Gasteiger partial charge in [0, 0.05) is 69.7 Å². The van der Waals surface area contributed by atoms with E-state index in [4.69, 9.17) is 9.97 Å². The molecule has 0 aliphatic carbocycles. The van der Waals surface area contributed by atoms with Crippen LogP contribution in [0.5, 0.6) is 0 Å². The minimum atomic E-state index is 0.875. The molecule has 5 nitrogen and oxygen atoms in total. The van der Waals surface area contributed by atoms with E-state index in [2.05, 4.69) is 249 Å². The zero-order valence-corrected chi connectivity index (χ0v) is 43.4. The summed E-state index contributed by atoms with van der Waals surface area (Å²) in [5, 5.41) is 0. The quantitative estimate of drug-likeness (QED) is 0.167. The third-order valence-corrected chi connectivity index (χ3v) is 14.6. The molecule has 0 spiro atoms. The highest BCUT2D eigenvalue weighted by Crippen LogP contribution is 2.48. The van der Waals surface area contributed by atoms with E-state index in [1.165, 1.54) is 66.8 Å².